The largest absolute Gasteiger partial charge is 0.477 e. The molecule has 1 N–H and O–H groups in total. The van der Waals surface area contributed by atoms with Gasteiger partial charge in [0.2, 0.25) is 5.88 Å². The van der Waals surface area contributed by atoms with Gasteiger partial charge in [-0.15, -0.1) is 0 Å². The van der Waals surface area contributed by atoms with Crippen LogP contribution in [-0.2, 0) is 6.42 Å². The molecule has 0 bridgehead atoms. The van der Waals surface area contributed by atoms with Crippen LogP contribution in [0, 0.1) is 0 Å². The first-order valence-electron chi connectivity index (χ1n) is 6.47. The molecule has 1 aromatic heterocycles. The molecule has 1 heterocycles. The minimum absolute atomic E-state index is 0.483. The summed E-state index contributed by atoms with van der Waals surface area (Å²) in [6, 6.07) is 0.483. The van der Waals surface area contributed by atoms with Gasteiger partial charge in [-0.3, -0.25) is 4.98 Å². The molecule has 17 heavy (non-hydrogen) atoms. The molecule has 0 aliphatic rings. The Bertz CT molecular complexity index is 311. The molecule has 0 spiro atoms. The van der Waals surface area contributed by atoms with Gasteiger partial charge in [-0.25, -0.2) is 4.98 Å². The second kappa shape index (κ2) is 8.01. The quantitative estimate of drug-likeness (QED) is 0.753. The molecule has 0 aliphatic carbocycles. The molecule has 0 amide bonds. The maximum absolute atomic E-state index is 5.35. The second-order valence-corrected chi connectivity index (χ2v) is 4.03. The lowest BCUT2D eigenvalue weighted by Gasteiger charge is -2.16. The van der Waals surface area contributed by atoms with E-state index in [0.29, 0.717) is 18.5 Å². The van der Waals surface area contributed by atoms with Gasteiger partial charge in [-0.05, 0) is 19.9 Å². The summed E-state index contributed by atoms with van der Waals surface area (Å²) in [4.78, 5) is 8.60. The SMILES string of the molecule is CCCC(Cc1cncc(OCC)n1)NCC. The van der Waals surface area contributed by atoms with Crippen LogP contribution >= 0.6 is 0 Å². The van der Waals surface area contributed by atoms with E-state index >= 15 is 0 Å². The third kappa shape index (κ3) is 5.13. The van der Waals surface area contributed by atoms with Gasteiger partial charge in [-0.2, -0.15) is 0 Å². The van der Waals surface area contributed by atoms with Gasteiger partial charge in [0.15, 0.2) is 0 Å². The molecule has 0 fully saturated rings. The fraction of sp³-hybridized carbons (Fsp3) is 0.692. The van der Waals surface area contributed by atoms with Crippen LogP contribution in [0.2, 0.25) is 0 Å². The Balaban J connectivity index is 2.60. The molecular formula is C13H23N3O. The number of nitrogens with one attached hydrogen (secondary N) is 1. The van der Waals surface area contributed by atoms with E-state index in [9.17, 15) is 0 Å². The summed E-state index contributed by atoms with van der Waals surface area (Å²) in [5, 5.41) is 3.47. The Hall–Kier alpha value is -1.16. The summed E-state index contributed by atoms with van der Waals surface area (Å²) in [7, 11) is 0. The van der Waals surface area contributed by atoms with Gasteiger partial charge in [0, 0.05) is 18.7 Å². The van der Waals surface area contributed by atoms with Crippen LogP contribution in [0.25, 0.3) is 0 Å². The lowest BCUT2D eigenvalue weighted by atomic mass is 10.1. The molecular weight excluding hydrogens is 214 g/mol. The zero-order chi connectivity index (χ0) is 12.5. The van der Waals surface area contributed by atoms with Crippen LogP contribution in [0.1, 0.15) is 39.3 Å². The molecule has 0 radical (unpaired) electrons. The zero-order valence-electron chi connectivity index (χ0n) is 11.1. The number of hydrogen-bond donors (Lipinski definition) is 1. The average Bonchev–Trinajstić information content (AvgIpc) is 2.30. The van der Waals surface area contributed by atoms with Crippen LogP contribution < -0.4 is 10.1 Å². The topological polar surface area (TPSA) is 47.0 Å². The van der Waals surface area contributed by atoms with E-state index in [1.807, 2.05) is 13.1 Å². The van der Waals surface area contributed by atoms with Crippen molar-refractivity contribution in [1.82, 2.24) is 15.3 Å². The molecule has 0 aromatic carbocycles. The van der Waals surface area contributed by atoms with Gasteiger partial charge in [0.25, 0.3) is 0 Å². The summed E-state index contributed by atoms with van der Waals surface area (Å²) in [6.07, 6.45) is 6.73. The normalized spacial score (nSPS) is 12.4. The third-order valence-corrected chi connectivity index (χ3v) is 2.54. The monoisotopic (exact) mass is 237 g/mol. The Morgan fingerprint density at radius 1 is 1.29 bits per heavy atom. The van der Waals surface area contributed by atoms with Crippen molar-refractivity contribution in [3.05, 3.63) is 18.1 Å². The van der Waals surface area contributed by atoms with Crippen molar-refractivity contribution in [3.63, 3.8) is 0 Å². The van der Waals surface area contributed by atoms with E-state index in [1.54, 1.807) is 6.20 Å². The van der Waals surface area contributed by atoms with Crippen LogP contribution in [0.4, 0.5) is 0 Å². The maximum Gasteiger partial charge on any atom is 0.232 e. The molecule has 1 atom stereocenters. The fourth-order valence-electron chi connectivity index (χ4n) is 1.87. The molecule has 1 rings (SSSR count). The predicted molar refractivity (Wildman–Crippen MR) is 69.3 cm³/mol. The van der Waals surface area contributed by atoms with E-state index < -0.39 is 0 Å². The van der Waals surface area contributed by atoms with Crippen molar-refractivity contribution in [2.75, 3.05) is 13.2 Å². The molecule has 96 valence electrons. The van der Waals surface area contributed by atoms with Crippen molar-refractivity contribution in [2.24, 2.45) is 0 Å². The first-order chi connectivity index (χ1) is 8.30. The number of nitrogens with zero attached hydrogens (tertiary/aromatic N) is 2. The Kier molecular flexibility index (Phi) is 6.55. The highest BCUT2D eigenvalue weighted by molar-refractivity contribution is 5.09. The molecule has 1 aromatic rings. The Morgan fingerprint density at radius 3 is 2.76 bits per heavy atom. The van der Waals surface area contributed by atoms with Crippen molar-refractivity contribution in [2.45, 2.75) is 46.1 Å². The Morgan fingerprint density at radius 2 is 2.12 bits per heavy atom. The van der Waals surface area contributed by atoms with Crippen LogP contribution in [0.5, 0.6) is 5.88 Å². The minimum atomic E-state index is 0.483. The number of ether oxygens (including phenoxy) is 1. The molecule has 4 heteroatoms. The number of aromatic nitrogens is 2. The van der Waals surface area contributed by atoms with Gasteiger partial charge in [0.1, 0.15) is 0 Å². The minimum Gasteiger partial charge on any atom is -0.477 e. The zero-order valence-corrected chi connectivity index (χ0v) is 11.1. The summed E-state index contributed by atoms with van der Waals surface area (Å²) >= 11 is 0. The summed E-state index contributed by atoms with van der Waals surface area (Å²) < 4.78 is 5.35. The standard InChI is InChI=1S/C13H23N3O/c1-4-7-11(15-5-2)8-12-9-14-10-13(16-12)17-6-3/h9-11,15H,4-8H2,1-3H3. The van der Waals surface area contributed by atoms with E-state index in [1.165, 1.54) is 6.42 Å². The van der Waals surface area contributed by atoms with Gasteiger partial charge >= 0.3 is 0 Å². The fourth-order valence-corrected chi connectivity index (χ4v) is 1.87. The summed E-state index contributed by atoms with van der Waals surface area (Å²) in [5.74, 6) is 0.622. The second-order valence-electron chi connectivity index (χ2n) is 4.03. The highest BCUT2D eigenvalue weighted by atomic mass is 16.5. The lowest BCUT2D eigenvalue weighted by Crippen LogP contribution is -2.31. The first-order valence-corrected chi connectivity index (χ1v) is 6.47. The molecule has 4 nitrogen and oxygen atoms in total. The average molecular weight is 237 g/mol. The number of hydrogen-bond acceptors (Lipinski definition) is 4. The van der Waals surface area contributed by atoms with E-state index in [0.717, 1.165) is 25.1 Å². The molecule has 0 saturated carbocycles. The van der Waals surface area contributed by atoms with Crippen molar-refractivity contribution in [1.29, 1.82) is 0 Å². The van der Waals surface area contributed by atoms with E-state index in [4.69, 9.17) is 4.74 Å². The van der Waals surface area contributed by atoms with Gasteiger partial charge in [-0.1, -0.05) is 20.3 Å². The molecule has 1 unspecified atom stereocenters. The van der Waals surface area contributed by atoms with Crippen LogP contribution in [0.15, 0.2) is 12.4 Å². The van der Waals surface area contributed by atoms with E-state index in [-0.39, 0.29) is 0 Å². The van der Waals surface area contributed by atoms with Gasteiger partial charge in [0.05, 0.1) is 18.5 Å². The highest BCUT2D eigenvalue weighted by Gasteiger charge is 2.09. The first kappa shape index (κ1) is 13.9. The highest BCUT2D eigenvalue weighted by Crippen LogP contribution is 2.09. The lowest BCUT2D eigenvalue weighted by molar-refractivity contribution is 0.323. The number of rotatable bonds is 8. The van der Waals surface area contributed by atoms with Crippen molar-refractivity contribution < 1.29 is 4.74 Å². The summed E-state index contributed by atoms with van der Waals surface area (Å²) in [6.45, 7) is 7.90. The smallest absolute Gasteiger partial charge is 0.232 e. The van der Waals surface area contributed by atoms with Crippen LogP contribution in [0.3, 0.4) is 0 Å². The molecule has 0 aliphatic heterocycles. The van der Waals surface area contributed by atoms with Crippen LogP contribution in [-0.4, -0.2) is 29.2 Å². The predicted octanol–water partition coefficient (Wildman–Crippen LogP) is 2.20. The number of likely N-dealkylation sites (N-methyl/N-ethyl adjacent to an activating group) is 1. The van der Waals surface area contributed by atoms with Gasteiger partial charge < -0.3 is 10.1 Å². The Labute approximate surface area is 104 Å². The van der Waals surface area contributed by atoms with Crippen molar-refractivity contribution in [3.8, 4) is 5.88 Å². The third-order valence-electron chi connectivity index (χ3n) is 2.54. The summed E-state index contributed by atoms with van der Waals surface area (Å²) in [5.41, 5.74) is 0.996. The molecule has 0 saturated heterocycles. The maximum atomic E-state index is 5.35. The van der Waals surface area contributed by atoms with E-state index in [2.05, 4.69) is 29.1 Å². The van der Waals surface area contributed by atoms with Crippen molar-refractivity contribution >= 4 is 0 Å².